The summed E-state index contributed by atoms with van der Waals surface area (Å²) in [7, 11) is 1.87. The van der Waals surface area contributed by atoms with Gasteiger partial charge in [0.15, 0.2) is 0 Å². The fraction of sp³-hybridized carbons (Fsp3) is 0.438. The van der Waals surface area contributed by atoms with Crippen molar-refractivity contribution in [2.24, 2.45) is 13.0 Å². The molecular weight excluding hydrogens is 296 g/mol. The molecule has 0 radical (unpaired) electrons. The van der Waals surface area contributed by atoms with Crippen LogP contribution in [-0.2, 0) is 23.1 Å². The number of amides is 1. The van der Waals surface area contributed by atoms with Crippen LogP contribution in [0.5, 0.6) is 0 Å². The molecule has 1 atom stereocenters. The van der Waals surface area contributed by atoms with Crippen molar-refractivity contribution in [2.75, 3.05) is 19.8 Å². The van der Waals surface area contributed by atoms with Crippen molar-refractivity contribution >= 4 is 6.09 Å². The van der Waals surface area contributed by atoms with E-state index in [4.69, 9.17) is 9.47 Å². The number of ether oxygens (including phenoxy) is 2. The van der Waals surface area contributed by atoms with Crippen LogP contribution in [0.1, 0.15) is 12.0 Å². The van der Waals surface area contributed by atoms with E-state index >= 15 is 0 Å². The monoisotopic (exact) mass is 316 g/mol. The first-order valence-electron chi connectivity index (χ1n) is 7.63. The van der Waals surface area contributed by atoms with Gasteiger partial charge >= 0.3 is 6.09 Å². The minimum atomic E-state index is -0.409. The smallest absolute Gasteiger partial charge is 0.407 e. The summed E-state index contributed by atoms with van der Waals surface area (Å²) in [5.74, 6) is 0.321. The fourth-order valence-corrected chi connectivity index (χ4v) is 2.39. The molecule has 0 aromatic carbocycles. The van der Waals surface area contributed by atoms with E-state index < -0.39 is 6.09 Å². The third-order valence-electron chi connectivity index (χ3n) is 3.74. The Labute approximate surface area is 134 Å². The van der Waals surface area contributed by atoms with Gasteiger partial charge in [-0.1, -0.05) is 6.07 Å². The molecule has 1 saturated heterocycles. The van der Waals surface area contributed by atoms with Crippen LogP contribution in [0.2, 0.25) is 0 Å². The number of nitrogens with zero attached hydrogens (tertiary/aromatic N) is 3. The van der Waals surface area contributed by atoms with Crippen LogP contribution in [0, 0.1) is 5.92 Å². The number of nitrogens with one attached hydrogen (secondary N) is 1. The third kappa shape index (κ3) is 4.29. The van der Waals surface area contributed by atoms with Crippen LogP contribution in [-0.4, -0.2) is 40.7 Å². The molecule has 7 nitrogen and oxygen atoms in total. The largest absolute Gasteiger partial charge is 0.449 e. The number of alkyl carbamates (subject to hydrolysis) is 1. The summed E-state index contributed by atoms with van der Waals surface area (Å²) < 4.78 is 12.2. The minimum Gasteiger partial charge on any atom is -0.449 e. The van der Waals surface area contributed by atoms with E-state index in [1.165, 1.54) is 0 Å². The SMILES string of the molecule is Cn1cc(-c2ccc(CNC(=O)OCC3CCOC3)cn2)cn1. The number of carbonyl (C=O) groups excluding carboxylic acids is 1. The van der Waals surface area contributed by atoms with Gasteiger partial charge in [-0.05, 0) is 18.1 Å². The molecule has 1 amide bonds. The highest BCUT2D eigenvalue weighted by atomic mass is 16.6. The molecule has 1 aliphatic rings. The molecule has 1 aliphatic heterocycles. The third-order valence-corrected chi connectivity index (χ3v) is 3.74. The van der Waals surface area contributed by atoms with E-state index in [1.807, 2.05) is 25.4 Å². The summed E-state index contributed by atoms with van der Waals surface area (Å²) in [6, 6.07) is 3.84. The molecule has 1 fully saturated rings. The molecule has 7 heteroatoms. The summed E-state index contributed by atoms with van der Waals surface area (Å²) >= 11 is 0. The maximum Gasteiger partial charge on any atom is 0.407 e. The highest BCUT2D eigenvalue weighted by Crippen LogP contribution is 2.15. The number of rotatable bonds is 5. The van der Waals surface area contributed by atoms with E-state index in [9.17, 15) is 4.79 Å². The van der Waals surface area contributed by atoms with Crippen LogP contribution in [0.15, 0.2) is 30.7 Å². The van der Waals surface area contributed by atoms with Crippen molar-refractivity contribution in [3.8, 4) is 11.3 Å². The van der Waals surface area contributed by atoms with E-state index in [1.54, 1.807) is 17.1 Å². The maximum atomic E-state index is 11.7. The first kappa shape index (κ1) is 15.5. The molecule has 0 aliphatic carbocycles. The van der Waals surface area contributed by atoms with Crippen molar-refractivity contribution in [2.45, 2.75) is 13.0 Å². The number of pyridine rings is 1. The molecule has 23 heavy (non-hydrogen) atoms. The Morgan fingerprint density at radius 2 is 2.39 bits per heavy atom. The highest BCUT2D eigenvalue weighted by molar-refractivity contribution is 5.67. The lowest BCUT2D eigenvalue weighted by molar-refractivity contribution is 0.116. The molecule has 3 heterocycles. The molecule has 2 aromatic rings. The summed E-state index contributed by atoms with van der Waals surface area (Å²) in [4.78, 5) is 16.0. The highest BCUT2D eigenvalue weighted by Gasteiger charge is 2.17. The van der Waals surface area contributed by atoms with E-state index in [0.29, 0.717) is 25.7 Å². The van der Waals surface area contributed by atoms with Gasteiger partial charge in [-0.3, -0.25) is 9.67 Å². The summed E-state index contributed by atoms with van der Waals surface area (Å²) in [6.45, 7) is 2.22. The molecule has 0 spiro atoms. The second-order valence-electron chi connectivity index (χ2n) is 5.64. The predicted octanol–water partition coefficient (Wildman–Crippen LogP) is 1.74. The summed E-state index contributed by atoms with van der Waals surface area (Å²) in [5.41, 5.74) is 2.73. The summed E-state index contributed by atoms with van der Waals surface area (Å²) in [6.07, 6.45) is 5.96. The van der Waals surface area contributed by atoms with Crippen LogP contribution in [0.3, 0.4) is 0 Å². The van der Waals surface area contributed by atoms with Gasteiger partial charge in [-0.25, -0.2) is 4.79 Å². The molecular formula is C16H20N4O3. The molecule has 0 bridgehead atoms. The average molecular weight is 316 g/mol. The first-order valence-corrected chi connectivity index (χ1v) is 7.63. The zero-order valence-electron chi connectivity index (χ0n) is 13.1. The van der Waals surface area contributed by atoms with E-state index in [-0.39, 0.29) is 0 Å². The van der Waals surface area contributed by atoms with Gasteiger partial charge in [-0.15, -0.1) is 0 Å². The standard InChI is InChI=1S/C16H20N4O3/c1-20-9-14(8-19-20)15-3-2-12(6-17-15)7-18-16(21)23-11-13-4-5-22-10-13/h2-3,6,8-9,13H,4-5,7,10-11H2,1H3,(H,18,21). The minimum absolute atomic E-state index is 0.321. The molecule has 3 rings (SSSR count). The second kappa shape index (κ2) is 7.23. The Bertz CT molecular complexity index is 648. The quantitative estimate of drug-likeness (QED) is 0.909. The summed E-state index contributed by atoms with van der Waals surface area (Å²) in [5, 5.41) is 6.85. The zero-order valence-corrected chi connectivity index (χ0v) is 13.1. The predicted molar refractivity (Wildman–Crippen MR) is 83.6 cm³/mol. The number of aryl methyl sites for hydroxylation is 1. The van der Waals surface area contributed by atoms with Gasteiger partial charge in [-0.2, -0.15) is 5.10 Å². The Morgan fingerprint density at radius 3 is 3.04 bits per heavy atom. The van der Waals surface area contributed by atoms with Crippen molar-refractivity contribution in [3.05, 3.63) is 36.3 Å². The van der Waals surface area contributed by atoms with Crippen LogP contribution < -0.4 is 5.32 Å². The first-order chi connectivity index (χ1) is 11.2. The Kier molecular flexibility index (Phi) is 4.87. The van der Waals surface area contributed by atoms with Crippen molar-refractivity contribution < 1.29 is 14.3 Å². The van der Waals surface area contributed by atoms with Gasteiger partial charge in [0.05, 0.1) is 25.1 Å². The molecule has 122 valence electrons. The lowest BCUT2D eigenvalue weighted by Crippen LogP contribution is -2.26. The maximum absolute atomic E-state index is 11.7. The molecule has 1 N–H and O–H groups in total. The number of aromatic nitrogens is 3. The van der Waals surface area contributed by atoms with Crippen molar-refractivity contribution in [3.63, 3.8) is 0 Å². The van der Waals surface area contributed by atoms with Crippen molar-refractivity contribution in [1.82, 2.24) is 20.1 Å². The Morgan fingerprint density at radius 1 is 1.48 bits per heavy atom. The number of hydrogen-bond donors (Lipinski definition) is 1. The Hall–Kier alpha value is -2.41. The lowest BCUT2D eigenvalue weighted by Gasteiger charge is -2.10. The van der Waals surface area contributed by atoms with Crippen LogP contribution in [0.25, 0.3) is 11.3 Å². The van der Waals surface area contributed by atoms with Gasteiger partial charge in [0.1, 0.15) is 0 Å². The van der Waals surface area contributed by atoms with Gasteiger partial charge in [0.25, 0.3) is 0 Å². The number of carbonyl (C=O) groups is 1. The molecule has 1 unspecified atom stereocenters. The van der Waals surface area contributed by atoms with Gasteiger partial charge < -0.3 is 14.8 Å². The van der Waals surface area contributed by atoms with E-state index in [2.05, 4.69) is 15.4 Å². The lowest BCUT2D eigenvalue weighted by atomic mass is 10.1. The van der Waals surface area contributed by atoms with Crippen molar-refractivity contribution in [1.29, 1.82) is 0 Å². The topological polar surface area (TPSA) is 78.3 Å². The molecule has 2 aromatic heterocycles. The average Bonchev–Trinajstić information content (AvgIpc) is 3.23. The Balaban J connectivity index is 1.45. The fourth-order valence-electron chi connectivity index (χ4n) is 2.39. The van der Waals surface area contributed by atoms with E-state index in [0.717, 1.165) is 29.8 Å². The van der Waals surface area contributed by atoms with Crippen LogP contribution >= 0.6 is 0 Å². The second-order valence-corrected chi connectivity index (χ2v) is 5.64. The number of hydrogen-bond acceptors (Lipinski definition) is 5. The zero-order chi connectivity index (χ0) is 16.1. The normalized spacial score (nSPS) is 17.2. The van der Waals surface area contributed by atoms with Gasteiger partial charge in [0.2, 0.25) is 0 Å². The van der Waals surface area contributed by atoms with Gasteiger partial charge in [0, 0.05) is 44.1 Å². The van der Waals surface area contributed by atoms with Crippen LogP contribution in [0.4, 0.5) is 4.79 Å². The molecule has 0 saturated carbocycles.